The standard InChI is InChI=1S/C13H21NO4S/c1-3-4-9-18-12-5-7-13(8-6-12)19(16,17)14-11(2)10-15/h5-8,11,14-15H,3-4,9-10H2,1-2H3/t11-/m1/s1. The molecular formula is C13H21NO4S. The molecule has 0 saturated carbocycles. The van der Waals surface area contributed by atoms with E-state index in [4.69, 9.17) is 9.84 Å². The molecule has 6 heteroatoms. The lowest BCUT2D eigenvalue weighted by atomic mass is 10.3. The summed E-state index contributed by atoms with van der Waals surface area (Å²) in [7, 11) is -3.58. The van der Waals surface area contributed by atoms with Crippen molar-refractivity contribution in [2.75, 3.05) is 13.2 Å². The summed E-state index contributed by atoms with van der Waals surface area (Å²) in [4.78, 5) is 0.163. The number of sulfonamides is 1. The fourth-order valence-corrected chi connectivity index (χ4v) is 2.65. The van der Waals surface area contributed by atoms with Crippen molar-refractivity contribution in [3.05, 3.63) is 24.3 Å². The second kappa shape index (κ2) is 7.47. The highest BCUT2D eigenvalue weighted by Crippen LogP contribution is 2.16. The molecule has 0 aliphatic rings. The molecule has 0 radical (unpaired) electrons. The molecule has 1 atom stereocenters. The van der Waals surface area contributed by atoms with Crippen LogP contribution in [0.15, 0.2) is 29.2 Å². The van der Waals surface area contributed by atoms with Crippen LogP contribution in [0.4, 0.5) is 0 Å². The second-order valence-corrected chi connectivity index (χ2v) is 6.09. The van der Waals surface area contributed by atoms with Gasteiger partial charge in [-0.1, -0.05) is 13.3 Å². The van der Waals surface area contributed by atoms with E-state index in [-0.39, 0.29) is 11.5 Å². The van der Waals surface area contributed by atoms with Gasteiger partial charge >= 0.3 is 0 Å². The Morgan fingerprint density at radius 2 is 1.95 bits per heavy atom. The van der Waals surface area contributed by atoms with Gasteiger partial charge in [-0.25, -0.2) is 13.1 Å². The molecule has 1 rings (SSSR count). The maximum atomic E-state index is 11.9. The Bertz CT molecular complexity index is 470. The van der Waals surface area contributed by atoms with Crippen LogP contribution in [0.5, 0.6) is 5.75 Å². The molecule has 0 aromatic heterocycles. The van der Waals surface area contributed by atoms with E-state index in [1.165, 1.54) is 12.1 Å². The van der Waals surface area contributed by atoms with Crippen molar-refractivity contribution >= 4 is 10.0 Å². The van der Waals surface area contributed by atoms with Crippen molar-refractivity contribution in [3.63, 3.8) is 0 Å². The highest BCUT2D eigenvalue weighted by molar-refractivity contribution is 7.89. The summed E-state index contributed by atoms with van der Waals surface area (Å²) < 4.78 is 31.7. The molecule has 0 amide bonds. The Balaban J connectivity index is 2.69. The number of hydrogen-bond acceptors (Lipinski definition) is 4. The van der Waals surface area contributed by atoms with Crippen LogP contribution < -0.4 is 9.46 Å². The maximum Gasteiger partial charge on any atom is 0.240 e. The van der Waals surface area contributed by atoms with E-state index in [0.29, 0.717) is 12.4 Å². The van der Waals surface area contributed by atoms with Crippen molar-refractivity contribution in [1.29, 1.82) is 0 Å². The van der Waals surface area contributed by atoms with Crippen LogP contribution in [-0.2, 0) is 10.0 Å². The number of benzene rings is 1. The Labute approximate surface area is 114 Å². The van der Waals surface area contributed by atoms with Gasteiger partial charge in [-0.2, -0.15) is 0 Å². The first kappa shape index (κ1) is 15.9. The quantitative estimate of drug-likeness (QED) is 0.711. The van der Waals surface area contributed by atoms with Gasteiger partial charge < -0.3 is 9.84 Å². The first-order valence-corrected chi connectivity index (χ1v) is 7.84. The Morgan fingerprint density at radius 1 is 1.32 bits per heavy atom. The Morgan fingerprint density at radius 3 is 2.47 bits per heavy atom. The first-order valence-electron chi connectivity index (χ1n) is 6.35. The highest BCUT2D eigenvalue weighted by Gasteiger charge is 2.16. The van der Waals surface area contributed by atoms with Gasteiger partial charge in [-0.15, -0.1) is 0 Å². The molecule has 0 heterocycles. The van der Waals surface area contributed by atoms with E-state index in [1.807, 2.05) is 0 Å². The van der Waals surface area contributed by atoms with E-state index >= 15 is 0 Å². The molecule has 19 heavy (non-hydrogen) atoms. The molecular weight excluding hydrogens is 266 g/mol. The number of nitrogens with one attached hydrogen (secondary N) is 1. The number of aliphatic hydroxyl groups excluding tert-OH is 1. The SMILES string of the molecule is CCCCOc1ccc(S(=O)(=O)N[C@H](C)CO)cc1. The molecule has 0 unspecified atom stereocenters. The summed E-state index contributed by atoms with van der Waals surface area (Å²) in [6.45, 7) is 4.06. The Kier molecular flexibility index (Phi) is 6.27. The minimum absolute atomic E-state index is 0.163. The molecule has 5 nitrogen and oxygen atoms in total. The molecule has 1 aromatic carbocycles. The normalized spacial score (nSPS) is 13.2. The number of aliphatic hydroxyl groups is 1. The molecule has 2 N–H and O–H groups in total. The molecule has 0 fully saturated rings. The summed E-state index contributed by atoms with van der Waals surface area (Å²) >= 11 is 0. The molecule has 1 aromatic rings. The molecule has 108 valence electrons. The lowest BCUT2D eigenvalue weighted by Gasteiger charge is -2.12. The van der Waals surface area contributed by atoms with Gasteiger partial charge in [-0.3, -0.25) is 0 Å². The van der Waals surface area contributed by atoms with E-state index in [1.54, 1.807) is 19.1 Å². The van der Waals surface area contributed by atoms with E-state index in [2.05, 4.69) is 11.6 Å². The number of hydrogen-bond donors (Lipinski definition) is 2. The van der Waals surface area contributed by atoms with Gasteiger partial charge in [0.25, 0.3) is 0 Å². The van der Waals surface area contributed by atoms with Gasteiger partial charge in [0.1, 0.15) is 5.75 Å². The van der Waals surface area contributed by atoms with Gasteiger partial charge in [0.2, 0.25) is 10.0 Å². The minimum atomic E-state index is -3.58. The predicted octanol–water partition coefficient (Wildman–Crippen LogP) is 1.52. The van der Waals surface area contributed by atoms with Gasteiger partial charge in [0.05, 0.1) is 18.1 Å². The fourth-order valence-electron chi connectivity index (χ4n) is 1.42. The maximum absolute atomic E-state index is 11.9. The smallest absolute Gasteiger partial charge is 0.240 e. The van der Waals surface area contributed by atoms with Gasteiger partial charge in [-0.05, 0) is 37.6 Å². The largest absolute Gasteiger partial charge is 0.494 e. The van der Waals surface area contributed by atoms with Gasteiger partial charge in [0, 0.05) is 6.04 Å². The summed E-state index contributed by atoms with van der Waals surface area (Å²) in [6, 6.07) is 5.74. The van der Waals surface area contributed by atoms with E-state index < -0.39 is 16.1 Å². The lowest BCUT2D eigenvalue weighted by Crippen LogP contribution is -2.34. The summed E-state index contributed by atoms with van der Waals surface area (Å²) in [6.07, 6.45) is 2.02. The predicted molar refractivity (Wildman–Crippen MR) is 73.7 cm³/mol. The van der Waals surface area contributed by atoms with Crippen LogP contribution in [0.1, 0.15) is 26.7 Å². The zero-order chi connectivity index (χ0) is 14.3. The fraction of sp³-hybridized carbons (Fsp3) is 0.538. The third kappa shape index (κ3) is 5.18. The highest BCUT2D eigenvalue weighted by atomic mass is 32.2. The van der Waals surface area contributed by atoms with E-state index in [0.717, 1.165) is 12.8 Å². The van der Waals surface area contributed by atoms with E-state index in [9.17, 15) is 8.42 Å². The van der Waals surface area contributed by atoms with Crippen molar-refractivity contribution < 1.29 is 18.3 Å². The topological polar surface area (TPSA) is 75.6 Å². The summed E-state index contributed by atoms with van der Waals surface area (Å²) in [5.74, 6) is 0.655. The number of rotatable bonds is 8. The third-order valence-corrected chi connectivity index (χ3v) is 4.14. The molecule has 0 aliphatic carbocycles. The van der Waals surface area contributed by atoms with Crippen LogP contribution in [0.2, 0.25) is 0 Å². The molecule has 0 saturated heterocycles. The van der Waals surface area contributed by atoms with Crippen molar-refractivity contribution in [1.82, 2.24) is 4.72 Å². The molecule has 0 aliphatic heterocycles. The second-order valence-electron chi connectivity index (χ2n) is 4.38. The van der Waals surface area contributed by atoms with Crippen molar-refractivity contribution in [2.45, 2.75) is 37.6 Å². The molecule has 0 bridgehead atoms. The summed E-state index contributed by atoms with van der Waals surface area (Å²) in [5.41, 5.74) is 0. The zero-order valence-corrected chi connectivity index (χ0v) is 12.1. The van der Waals surface area contributed by atoms with Gasteiger partial charge in [0.15, 0.2) is 0 Å². The lowest BCUT2D eigenvalue weighted by molar-refractivity contribution is 0.265. The van der Waals surface area contributed by atoms with Crippen LogP contribution in [0.3, 0.4) is 0 Å². The minimum Gasteiger partial charge on any atom is -0.494 e. The third-order valence-electron chi connectivity index (χ3n) is 2.53. The average molecular weight is 287 g/mol. The molecule has 0 spiro atoms. The average Bonchev–Trinajstić information content (AvgIpc) is 2.39. The monoisotopic (exact) mass is 287 g/mol. The van der Waals surface area contributed by atoms with Crippen LogP contribution >= 0.6 is 0 Å². The Hall–Kier alpha value is -1.11. The van der Waals surface area contributed by atoms with Crippen LogP contribution in [-0.4, -0.2) is 32.8 Å². The van der Waals surface area contributed by atoms with Crippen molar-refractivity contribution in [3.8, 4) is 5.75 Å². The first-order chi connectivity index (χ1) is 8.99. The van der Waals surface area contributed by atoms with Crippen LogP contribution in [0.25, 0.3) is 0 Å². The number of ether oxygens (including phenoxy) is 1. The number of unbranched alkanes of at least 4 members (excludes halogenated alkanes) is 1. The zero-order valence-electron chi connectivity index (χ0n) is 11.3. The van der Waals surface area contributed by atoms with Crippen LogP contribution in [0, 0.1) is 0 Å². The summed E-state index contributed by atoms with van der Waals surface area (Å²) in [5, 5.41) is 8.86. The van der Waals surface area contributed by atoms with Crippen molar-refractivity contribution in [2.24, 2.45) is 0 Å².